The van der Waals surface area contributed by atoms with Gasteiger partial charge in [-0.05, 0) is 82.2 Å². The number of aliphatic hydroxyl groups is 3. The monoisotopic (exact) mass is 539 g/mol. The van der Waals surface area contributed by atoms with E-state index in [-0.39, 0.29) is 6.61 Å². The molecular weight excluding hydrogens is 468 g/mol. The lowest BCUT2D eigenvalue weighted by molar-refractivity contribution is -0.0213. The minimum Gasteiger partial charge on any atom is -0.394 e. The van der Waals surface area contributed by atoms with Gasteiger partial charge in [0.05, 0.1) is 12.7 Å². The molecule has 0 saturated carbocycles. The Balaban J connectivity index is -0.000000198. The van der Waals surface area contributed by atoms with Gasteiger partial charge in [-0.1, -0.05) is 27.7 Å². The molecule has 2 atom stereocenters. The van der Waals surface area contributed by atoms with Crippen LogP contribution >= 0.6 is 0 Å². The van der Waals surface area contributed by atoms with Gasteiger partial charge >= 0.3 is 0 Å². The van der Waals surface area contributed by atoms with Crippen LogP contribution in [0.1, 0.15) is 75.7 Å². The SMILES string of the molecule is CC(C)N.CC(C)N(C)C.CC(C)N(C)CC[C@H](O)[C@H](O)CO.CC(C)N1CCNCC1.CNC(C)C. The average molecular weight is 539 g/mol. The van der Waals surface area contributed by atoms with Gasteiger partial charge in [0.2, 0.25) is 0 Å². The van der Waals surface area contributed by atoms with Gasteiger partial charge in [0, 0.05) is 56.9 Å². The fourth-order valence-corrected chi connectivity index (χ4v) is 2.11. The van der Waals surface area contributed by atoms with Crippen molar-refractivity contribution in [2.45, 2.75) is 118 Å². The zero-order valence-electron chi connectivity index (χ0n) is 27.3. The second-order valence-corrected chi connectivity index (χ2v) is 11.3. The lowest BCUT2D eigenvalue weighted by Crippen LogP contribution is -2.46. The van der Waals surface area contributed by atoms with E-state index in [1.165, 1.54) is 13.1 Å². The maximum Gasteiger partial charge on any atom is 0.103 e. The van der Waals surface area contributed by atoms with Gasteiger partial charge in [-0.25, -0.2) is 0 Å². The minimum absolute atomic E-state index is 0.333. The van der Waals surface area contributed by atoms with Crippen LogP contribution in [-0.4, -0.2) is 140 Å². The number of piperazine rings is 1. The molecule has 9 nitrogen and oxygen atoms in total. The fourth-order valence-electron chi connectivity index (χ4n) is 2.11. The normalized spacial score (nSPS) is 15.5. The van der Waals surface area contributed by atoms with Gasteiger partial charge in [0.15, 0.2) is 0 Å². The third-order valence-electron chi connectivity index (χ3n) is 5.78. The van der Waals surface area contributed by atoms with Crippen LogP contribution in [0.25, 0.3) is 0 Å². The number of nitrogens with zero attached hydrogens (tertiary/aromatic N) is 3. The number of aliphatic hydroxyl groups excluding tert-OH is 3. The summed E-state index contributed by atoms with van der Waals surface area (Å²) in [7, 11) is 8.06. The molecule has 7 N–H and O–H groups in total. The fraction of sp³-hybridized carbons (Fsp3) is 1.00. The number of hydrogen-bond acceptors (Lipinski definition) is 9. The maximum atomic E-state index is 9.31. The van der Waals surface area contributed by atoms with Crippen LogP contribution in [0, 0.1) is 0 Å². The summed E-state index contributed by atoms with van der Waals surface area (Å²) in [5, 5.41) is 33.3. The minimum atomic E-state index is -1.01. The van der Waals surface area contributed by atoms with Crippen molar-refractivity contribution < 1.29 is 15.3 Å². The first kappa shape index (κ1) is 43.7. The van der Waals surface area contributed by atoms with E-state index in [2.05, 4.69) is 94.8 Å². The number of nitrogens with one attached hydrogen (secondary N) is 2. The third-order valence-corrected chi connectivity index (χ3v) is 5.78. The van der Waals surface area contributed by atoms with Crippen molar-refractivity contribution >= 4 is 0 Å². The standard InChI is InChI=1S/C9H21NO3.C7H16N2.C5H13N.C4H11N.C3H9N/c1-7(2)10(3)5-4-8(12)9(13)6-11;1-7(2)9-5-3-8-4-6-9;1-5(2)6(3)4;1-4(2)5-3;1-3(2)4/h7-9,11-13H,4-6H2,1-3H3;7-8H,3-6H2,1-2H3;5H,1-4H3;4-5H,1-3H3;3H,4H2,1-2H3/t8-,9+;;;;/m0..../s1. The van der Waals surface area contributed by atoms with E-state index in [4.69, 9.17) is 15.9 Å². The Kier molecular flexibility index (Phi) is 33.8. The highest BCUT2D eigenvalue weighted by molar-refractivity contribution is 4.70. The molecule has 1 saturated heterocycles. The van der Waals surface area contributed by atoms with E-state index < -0.39 is 12.2 Å². The highest BCUT2D eigenvalue weighted by Crippen LogP contribution is 2.02. The van der Waals surface area contributed by atoms with Crippen molar-refractivity contribution in [3.63, 3.8) is 0 Å². The van der Waals surface area contributed by atoms with Crippen molar-refractivity contribution in [1.82, 2.24) is 25.3 Å². The van der Waals surface area contributed by atoms with E-state index in [0.717, 1.165) is 25.7 Å². The van der Waals surface area contributed by atoms with Crippen LogP contribution in [0.5, 0.6) is 0 Å². The predicted molar refractivity (Wildman–Crippen MR) is 163 cm³/mol. The number of hydrogen-bond donors (Lipinski definition) is 6. The topological polar surface area (TPSA) is 120 Å². The van der Waals surface area contributed by atoms with Crippen LogP contribution in [0.2, 0.25) is 0 Å². The molecule has 9 heteroatoms. The first-order chi connectivity index (χ1) is 16.9. The molecule has 0 amide bonds. The Bertz CT molecular complexity index is 423. The summed E-state index contributed by atoms with van der Waals surface area (Å²) in [5.41, 5.74) is 5.11. The molecule has 0 spiro atoms. The molecule has 1 rings (SSSR count). The molecule has 0 aromatic carbocycles. The Hall–Kier alpha value is -0.360. The molecule has 1 aliphatic rings. The molecule has 1 aliphatic heterocycles. The predicted octanol–water partition coefficient (Wildman–Crippen LogP) is 1.65. The highest BCUT2D eigenvalue weighted by atomic mass is 16.4. The summed E-state index contributed by atoms with van der Waals surface area (Å²) in [6.45, 7) is 26.2. The zero-order valence-corrected chi connectivity index (χ0v) is 27.3. The Morgan fingerprint density at radius 1 is 0.838 bits per heavy atom. The Labute approximate surface area is 232 Å². The summed E-state index contributed by atoms with van der Waals surface area (Å²) >= 11 is 0. The van der Waals surface area contributed by atoms with Crippen molar-refractivity contribution in [3.8, 4) is 0 Å². The molecule has 0 aliphatic carbocycles. The summed E-state index contributed by atoms with van der Waals surface area (Å²) < 4.78 is 0. The van der Waals surface area contributed by atoms with E-state index in [1.54, 1.807) is 0 Å². The Morgan fingerprint density at radius 3 is 1.43 bits per heavy atom. The molecular formula is C28H70N6O3. The zero-order chi connectivity index (χ0) is 30.1. The van der Waals surface area contributed by atoms with Gasteiger partial charge in [-0.2, -0.15) is 0 Å². The van der Waals surface area contributed by atoms with Crippen LogP contribution < -0.4 is 16.4 Å². The van der Waals surface area contributed by atoms with Gasteiger partial charge in [-0.15, -0.1) is 0 Å². The first-order valence-electron chi connectivity index (χ1n) is 14.1. The lowest BCUT2D eigenvalue weighted by atomic mass is 10.1. The molecule has 0 unspecified atom stereocenters. The summed E-state index contributed by atoms with van der Waals surface area (Å²) in [6.07, 6.45) is -1.36. The van der Waals surface area contributed by atoms with Crippen molar-refractivity contribution in [1.29, 1.82) is 0 Å². The Morgan fingerprint density at radius 2 is 1.22 bits per heavy atom. The molecule has 1 fully saturated rings. The van der Waals surface area contributed by atoms with Gasteiger partial charge in [-0.3, -0.25) is 4.90 Å². The molecule has 230 valence electrons. The molecule has 0 aromatic rings. The second kappa shape index (κ2) is 28.6. The molecule has 1 heterocycles. The van der Waals surface area contributed by atoms with E-state index in [0.29, 0.717) is 30.6 Å². The van der Waals surface area contributed by atoms with Crippen LogP contribution in [0.3, 0.4) is 0 Å². The largest absolute Gasteiger partial charge is 0.394 e. The van der Waals surface area contributed by atoms with Crippen LogP contribution in [-0.2, 0) is 0 Å². The maximum absolute atomic E-state index is 9.31. The second-order valence-electron chi connectivity index (χ2n) is 11.3. The van der Waals surface area contributed by atoms with E-state index >= 15 is 0 Å². The number of nitrogens with two attached hydrogens (primary N) is 1. The molecule has 37 heavy (non-hydrogen) atoms. The molecule has 0 aromatic heterocycles. The molecule has 0 radical (unpaired) electrons. The summed E-state index contributed by atoms with van der Waals surface area (Å²) in [6, 6.07) is 2.81. The van der Waals surface area contributed by atoms with Gasteiger partial charge < -0.3 is 41.5 Å². The number of rotatable bonds is 9. The summed E-state index contributed by atoms with van der Waals surface area (Å²) in [4.78, 5) is 6.74. The van der Waals surface area contributed by atoms with Crippen molar-refractivity contribution in [2.24, 2.45) is 5.73 Å². The third kappa shape index (κ3) is 37.9. The van der Waals surface area contributed by atoms with E-state index in [1.807, 2.05) is 27.9 Å². The average Bonchev–Trinajstić information content (AvgIpc) is 2.82. The van der Waals surface area contributed by atoms with Crippen molar-refractivity contribution in [3.05, 3.63) is 0 Å². The van der Waals surface area contributed by atoms with E-state index in [9.17, 15) is 5.11 Å². The van der Waals surface area contributed by atoms with Gasteiger partial charge in [0.1, 0.15) is 6.10 Å². The van der Waals surface area contributed by atoms with Crippen molar-refractivity contribution in [2.75, 3.05) is 67.5 Å². The first-order valence-corrected chi connectivity index (χ1v) is 14.1. The highest BCUT2D eigenvalue weighted by Gasteiger charge is 2.16. The van der Waals surface area contributed by atoms with Gasteiger partial charge in [0.25, 0.3) is 0 Å². The lowest BCUT2D eigenvalue weighted by Gasteiger charge is -2.30. The van der Waals surface area contributed by atoms with Crippen LogP contribution in [0.4, 0.5) is 0 Å². The van der Waals surface area contributed by atoms with Crippen LogP contribution in [0.15, 0.2) is 0 Å². The quantitative estimate of drug-likeness (QED) is 0.260. The smallest absolute Gasteiger partial charge is 0.103 e. The summed E-state index contributed by atoms with van der Waals surface area (Å²) in [5.74, 6) is 0. The molecule has 0 bridgehead atoms.